The standard InChI is InChI=1S/C20H24N2O2/c1-20(2,3)17-9-6-8-16(19(17)24)14-22-12-11-21-13-15-7-4-5-10-18(15)23/h4-10,13-14,23-24H,11-12H2,1-3H3. The maximum atomic E-state index is 10.4. The van der Waals surface area contributed by atoms with Crippen molar-refractivity contribution in [3.05, 3.63) is 59.2 Å². The van der Waals surface area contributed by atoms with Crippen LogP contribution in [0.25, 0.3) is 0 Å². The van der Waals surface area contributed by atoms with Crippen LogP contribution in [0.1, 0.15) is 37.5 Å². The molecule has 0 aromatic heterocycles. The van der Waals surface area contributed by atoms with E-state index in [0.29, 0.717) is 24.2 Å². The molecule has 24 heavy (non-hydrogen) atoms. The molecule has 0 aliphatic carbocycles. The van der Waals surface area contributed by atoms with E-state index in [9.17, 15) is 10.2 Å². The molecule has 0 fully saturated rings. The van der Waals surface area contributed by atoms with Gasteiger partial charge in [-0.15, -0.1) is 0 Å². The zero-order valence-electron chi connectivity index (χ0n) is 14.4. The minimum atomic E-state index is -0.115. The van der Waals surface area contributed by atoms with Gasteiger partial charge >= 0.3 is 0 Å². The third kappa shape index (κ3) is 4.69. The van der Waals surface area contributed by atoms with Gasteiger partial charge in [-0.2, -0.15) is 0 Å². The fourth-order valence-corrected chi connectivity index (χ4v) is 2.31. The lowest BCUT2D eigenvalue weighted by Gasteiger charge is -2.21. The van der Waals surface area contributed by atoms with Crippen LogP contribution in [0.2, 0.25) is 0 Å². The average Bonchev–Trinajstić information content (AvgIpc) is 2.52. The average molecular weight is 324 g/mol. The van der Waals surface area contributed by atoms with Crippen molar-refractivity contribution >= 4 is 12.4 Å². The molecular weight excluding hydrogens is 300 g/mol. The molecule has 4 nitrogen and oxygen atoms in total. The van der Waals surface area contributed by atoms with Crippen LogP contribution in [0.3, 0.4) is 0 Å². The lowest BCUT2D eigenvalue weighted by molar-refractivity contribution is 0.446. The van der Waals surface area contributed by atoms with E-state index in [4.69, 9.17) is 0 Å². The molecule has 2 aromatic carbocycles. The Morgan fingerprint density at radius 3 is 2.04 bits per heavy atom. The van der Waals surface area contributed by atoms with Gasteiger partial charge < -0.3 is 10.2 Å². The third-order valence-electron chi connectivity index (χ3n) is 3.63. The number of benzene rings is 2. The zero-order valence-corrected chi connectivity index (χ0v) is 14.4. The van der Waals surface area contributed by atoms with E-state index >= 15 is 0 Å². The zero-order chi connectivity index (χ0) is 17.6. The summed E-state index contributed by atoms with van der Waals surface area (Å²) in [4.78, 5) is 8.57. The monoisotopic (exact) mass is 324 g/mol. The molecule has 0 bridgehead atoms. The molecular formula is C20H24N2O2. The lowest BCUT2D eigenvalue weighted by Crippen LogP contribution is -2.11. The van der Waals surface area contributed by atoms with Crippen LogP contribution in [0.4, 0.5) is 0 Å². The quantitative estimate of drug-likeness (QED) is 0.646. The normalized spacial score (nSPS) is 12.3. The number of phenols is 2. The van der Waals surface area contributed by atoms with Crippen LogP contribution in [0.5, 0.6) is 11.5 Å². The van der Waals surface area contributed by atoms with Crippen LogP contribution < -0.4 is 0 Å². The fourth-order valence-electron chi connectivity index (χ4n) is 2.31. The molecule has 0 saturated heterocycles. The number of phenolic OH excluding ortho intramolecular Hbond substituents is 2. The van der Waals surface area contributed by atoms with Crippen LogP contribution in [0, 0.1) is 0 Å². The summed E-state index contributed by atoms with van der Waals surface area (Å²) in [5, 5.41) is 20.0. The van der Waals surface area contributed by atoms with E-state index in [0.717, 1.165) is 5.56 Å². The van der Waals surface area contributed by atoms with E-state index in [1.54, 1.807) is 30.6 Å². The van der Waals surface area contributed by atoms with E-state index in [-0.39, 0.29) is 16.9 Å². The van der Waals surface area contributed by atoms with Crippen molar-refractivity contribution in [3.63, 3.8) is 0 Å². The second kappa shape index (κ2) is 7.77. The van der Waals surface area contributed by atoms with Gasteiger partial charge in [0.15, 0.2) is 0 Å². The topological polar surface area (TPSA) is 65.2 Å². The van der Waals surface area contributed by atoms with Crippen LogP contribution in [-0.4, -0.2) is 35.7 Å². The van der Waals surface area contributed by atoms with Gasteiger partial charge in [0.05, 0.1) is 13.1 Å². The summed E-state index contributed by atoms with van der Waals surface area (Å²) in [6.07, 6.45) is 3.32. The third-order valence-corrected chi connectivity index (χ3v) is 3.63. The van der Waals surface area contributed by atoms with Gasteiger partial charge in [-0.1, -0.05) is 45.0 Å². The first-order valence-electron chi connectivity index (χ1n) is 7.99. The maximum absolute atomic E-state index is 10.4. The molecule has 126 valence electrons. The van der Waals surface area contributed by atoms with Crippen molar-refractivity contribution in [2.75, 3.05) is 13.1 Å². The highest BCUT2D eigenvalue weighted by Crippen LogP contribution is 2.32. The predicted octanol–water partition coefficient (Wildman–Crippen LogP) is 3.93. The fraction of sp³-hybridized carbons (Fsp3) is 0.300. The molecule has 0 saturated carbocycles. The summed E-state index contributed by atoms with van der Waals surface area (Å²) in [5.74, 6) is 0.500. The second-order valence-electron chi connectivity index (χ2n) is 6.62. The van der Waals surface area contributed by atoms with Gasteiger partial charge in [-0.3, -0.25) is 9.98 Å². The second-order valence-corrected chi connectivity index (χ2v) is 6.62. The first-order valence-corrected chi connectivity index (χ1v) is 7.99. The van der Waals surface area contributed by atoms with E-state index in [1.165, 1.54) is 0 Å². The van der Waals surface area contributed by atoms with E-state index < -0.39 is 0 Å². The van der Waals surface area contributed by atoms with Gasteiger partial charge in [0.1, 0.15) is 11.5 Å². The summed E-state index contributed by atoms with van der Waals surface area (Å²) in [5.41, 5.74) is 2.20. The number of rotatable bonds is 5. The van der Waals surface area contributed by atoms with Crippen molar-refractivity contribution in [2.45, 2.75) is 26.2 Å². The minimum absolute atomic E-state index is 0.115. The molecule has 0 heterocycles. The summed E-state index contributed by atoms with van der Waals surface area (Å²) < 4.78 is 0. The first kappa shape index (κ1) is 17.7. The highest BCUT2D eigenvalue weighted by Gasteiger charge is 2.18. The number of para-hydroxylation sites is 2. The highest BCUT2D eigenvalue weighted by molar-refractivity contribution is 5.84. The number of hydrogen-bond donors (Lipinski definition) is 2. The minimum Gasteiger partial charge on any atom is -0.507 e. The summed E-state index contributed by atoms with van der Waals surface area (Å²) in [6.45, 7) is 7.23. The number of aromatic hydroxyl groups is 2. The van der Waals surface area contributed by atoms with Crippen molar-refractivity contribution in [2.24, 2.45) is 9.98 Å². The summed E-state index contributed by atoms with van der Waals surface area (Å²) in [7, 11) is 0. The Hall–Kier alpha value is -2.62. The summed E-state index contributed by atoms with van der Waals surface area (Å²) in [6, 6.07) is 12.8. The van der Waals surface area contributed by atoms with Gasteiger partial charge in [0, 0.05) is 23.6 Å². The molecule has 0 amide bonds. The van der Waals surface area contributed by atoms with E-state index in [2.05, 4.69) is 30.8 Å². The van der Waals surface area contributed by atoms with Crippen molar-refractivity contribution in [1.82, 2.24) is 0 Å². The molecule has 0 spiro atoms. The molecule has 2 aromatic rings. The van der Waals surface area contributed by atoms with Crippen LogP contribution in [-0.2, 0) is 5.41 Å². The van der Waals surface area contributed by atoms with Crippen LogP contribution >= 0.6 is 0 Å². The Labute approximate surface area is 143 Å². The smallest absolute Gasteiger partial charge is 0.128 e. The van der Waals surface area contributed by atoms with Gasteiger partial charge in [0.2, 0.25) is 0 Å². The molecule has 0 aliphatic rings. The number of aliphatic imine (C=N–C) groups is 2. The Balaban J connectivity index is 1.95. The predicted molar refractivity (Wildman–Crippen MR) is 99.8 cm³/mol. The first-order chi connectivity index (χ1) is 11.4. The van der Waals surface area contributed by atoms with Gasteiger partial charge in [-0.25, -0.2) is 0 Å². The molecule has 0 atom stereocenters. The van der Waals surface area contributed by atoms with Gasteiger partial charge in [-0.05, 0) is 29.2 Å². The van der Waals surface area contributed by atoms with E-state index in [1.807, 2.05) is 24.3 Å². The Morgan fingerprint density at radius 2 is 1.42 bits per heavy atom. The maximum Gasteiger partial charge on any atom is 0.128 e. The number of nitrogens with zero attached hydrogens (tertiary/aromatic N) is 2. The summed E-state index contributed by atoms with van der Waals surface area (Å²) >= 11 is 0. The molecule has 0 radical (unpaired) electrons. The van der Waals surface area contributed by atoms with Gasteiger partial charge in [0.25, 0.3) is 0 Å². The van der Waals surface area contributed by atoms with Crippen LogP contribution in [0.15, 0.2) is 52.4 Å². The van der Waals surface area contributed by atoms with Crippen molar-refractivity contribution in [1.29, 1.82) is 0 Å². The lowest BCUT2D eigenvalue weighted by atomic mass is 9.85. The highest BCUT2D eigenvalue weighted by atomic mass is 16.3. The number of hydrogen-bond acceptors (Lipinski definition) is 4. The Morgan fingerprint density at radius 1 is 0.833 bits per heavy atom. The molecule has 2 N–H and O–H groups in total. The largest absolute Gasteiger partial charge is 0.507 e. The molecule has 2 rings (SSSR count). The Kier molecular flexibility index (Phi) is 5.74. The SMILES string of the molecule is CC(C)(C)c1cccc(C=NCCN=Cc2ccccc2O)c1O. The molecule has 0 aliphatic heterocycles. The van der Waals surface area contributed by atoms with Crippen molar-refractivity contribution in [3.8, 4) is 11.5 Å². The molecule has 4 heteroatoms. The Bertz CT molecular complexity index is 744. The molecule has 0 unspecified atom stereocenters. The van der Waals surface area contributed by atoms with Crippen molar-refractivity contribution < 1.29 is 10.2 Å².